The summed E-state index contributed by atoms with van der Waals surface area (Å²) in [4.78, 5) is 23.8. The lowest BCUT2D eigenvalue weighted by molar-refractivity contribution is -0.174. The van der Waals surface area contributed by atoms with Crippen molar-refractivity contribution in [3.05, 3.63) is 10.4 Å². The fourth-order valence-electron chi connectivity index (χ4n) is 3.88. The molecule has 0 unspecified atom stereocenters. The minimum Gasteiger partial charge on any atom is -0.345 e. The number of halogens is 5. The van der Waals surface area contributed by atoms with Gasteiger partial charge >= 0.3 is 12.1 Å². The first-order valence-corrected chi connectivity index (χ1v) is 12.3. The number of hydrogen-bond donors (Lipinski definition) is 3. The summed E-state index contributed by atoms with van der Waals surface area (Å²) < 4.78 is 92.9. The van der Waals surface area contributed by atoms with E-state index >= 15 is 0 Å². The smallest absolute Gasteiger partial charge is 0.345 e. The van der Waals surface area contributed by atoms with Crippen LogP contribution in [0.2, 0.25) is 0 Å². The van der Waals surface area contributed by atoms with Crippen molar-refractivity contribution in [2.75, 3.05) is 5.32 Å². The number of fused-ring (bicyclic) bond motifs is 1. The molecule has 3 aliphatic carbocycles. The normalized spacial score (nSPS) is 29.6. The first kappa shape index (κ1) is 23.4. The molecule has 178 valence electrons. The van der Waals surface area contributed by atoms with Crippen molar-refractivity contribution in [2.24, 2.45) is 5.92 Å². The van der Waals surface area contributed by atoms with E-state index < -0.39 is 58.4 Å². The molecule has 4 rings (SSSR count). The van der Waals surface area contributed by atoms with Gasteiger partial charge in [-0.15, -0.1) is 11.3 Å². The molecule has 3 aliphatic rings. The number of carbonyl (C=O) groups is 2. The first-order valence-electron chi connectivity index (χ1n) is 9.98. The summed E-state index contributed by atoms with van der Waals surface area (Å²) in [5.41, 5.74) is 0.195. The lowest BCUT2D eigenvalue weighted by Crippen LogP contribution is -2.46. The SMILES string of the molecule is O=C(Nc1sc2c(c1S(=O)(=O)N[C@H]1C[C@H](F)C1)C[C@@H](NC(=O)C(F)(F)F)CC2)[C@H]1C[C@@H]1F. The summed E-state index contributed by atoms with van der Waals surface area (Å²) in [6.45, 7) is 0. The van der Waals surface area contributed by atoms with Crippen molar-refractivity contribution in [1.29, 1.82) is 0 Å². The van der Waals surface area contributed by atoms with Crippen LogP contribution in [0.1, 0.15) is 36.1 Å². The van der Waals surface area contributed by atoms with Gasteiger partial charge in [-0.1, -0.05) is 0 Å². The van der Waals surface area contributed by atoms with Crippen LogP contribution in [0, 0.1) is 5.92 Å². The molecule has 0 aromatic carbocycles. The Labute approximate surface area is 184 Å². The molecule has 0 aliphatic heterocycles. The fraction of sp³-hybridized carbons (Fsp3) is 0.667. The van der Waals surface area contributed by atoms with E-state index in [1.54, 1.807) is 0 Å². The van der Waals surface area contributed by atoms with Gasteiger partial charge in [0.15, 0.2) is 0 Å². The summed E-state index contributed by atoms with van der Waals surface area (Å²) in [6.07, 6.45) is -7.35. The Balaban J connectivity index is 1.62. The number of rotatable bonds is 6. The number of amides is 2. The maximum absolute atomic E-state index is 13.3. The summed E-state index contributed by atoms with van der Waals surface area (Å²) in [7, 11) is -4.27. The van der Waals surface area contributed by atoms with Crippen LogP contribution >= 0.6 is 11.3 Å². The third-order valence-electron chi connectivity index (χ3n) is 5.76. The van der Waals surface area contributed by atoms with Gasteiger partial charge in [-0.2, -0.15) is 13.2 Å². The van der Waals surface area contributed by atoms with Gasteiger partial charge in [0.1, 0.15) is 22.2 Å². The number of aryl methyl sites for hydroxylation is 1. The number of nitrogens with one attached hydrogen (secondary N) is 3. The second-order valence-electron chi connectivity index (χ2n) is 8.31. The molecule has 0 radical (unpaired) electrons. The zero-order chi connectivity index (χ0) is 23.4. The van der Waals surface area contributed by atoms with Crippen molar-refractivity contribution in [2.45, 2.75) is 74.0 Å². The molecule has 0 saturated heterocycles. The van der Waals surface area contributed by atoms with Crippen LogP contribution in [0.3, 0.4) is 0 Å². The minimum atomic E-state index is -5.08. The number of thiophene rings is 1. The van der Waals surface area contributed by atoms with Gasteiger partial charge < -0.3 is 10.6 Å². The van der Waals surface area contributed by atoms with E-state index in [1.165, 1.54) is 0 Å². The Morgan fingerprint density at radius 2 is 1.72 bits per heavy atom. The molecular weight excluding hydrogens is 481 g/mol. The van der Waals surface area contributed by atoms with Crippen LogP contribution in [0.25, 0.3) is 0 Å². The quantitative estimate of drug-likeness (QED) is 0.521. The Bertz CT molecular complexity index is 1040. The third-order valence-corrected chi connectivity index (χ3v) is 8.73. The van der Waals surface area contributed by atoms with Gasteiger partial charge in [0, 0.05) is 17.0 Å². The second kappa shape index (κ2) is 8.20. The van der Waals surface area contributed by atoms with Crippen molar-refractivity contribution in [3.63, 3.8) is 0 Å². The number of carbonyl (C=O) groups excluding carboxylic acids is 2. The van der Waals surface area contributed by atoms with Crippen LogP contribution in [0.15, 0.2) is 4.90 Å². The lowest BCUT2D eigenvalue weighted by Gasteiger charge is -2.30. The van der Waals surface area contributed by atoms with E-state index in [9.17, 15) is 40.0 Å². The molecule has 1 heterocycles. The molecular formula is C18H20F5N3O4S2. The molecule has 3 N–H and O–H groups in total. The van der Waals surface area contributed by atoms with Crippen LogP contribution < -0.4 is 15.4 Å². The molecule has 1 aromatic rings. The van der Waals surface area contributed by atoms with Crippen molar-refractivity contribution in [3.8, 4) is 0 Å². The highest BCUT2D eigenvalue weighted by atomic mass is 32.2. The molecule has 2 saturated carbocycles. The van der Waals surface area contributed by atoms with Gasteiger partial charge in [0.05, 0.1) is 5.92 Å². The van der Waals surface area contributed by atoms with Gasteiger partial charge in [-0.3, -0.25) is 9.59 Å². The average Bonchev–Trinajstić information content (AvgIpc) is 3.27. The maximum atomic E-state index is 13.3. The standard InChI is InChI=1S/C18H20F5N3O4S2/c19-7-3-9(4-7)26-32(29,30)14-11-5-8(24-17(28)18(21,22)23)1-2-13(11)31-16(14)25-15(27)10-6-12(10)20/h7-10,12,26H,1-6H2,(H,24,28)(H,25,27)/t7-,8-,9-,10-,12-/m0/s1. The van der Waals surface area contributed by atoms with Crippen molar-refractivity contribution >= 4 is 38.2 Å². The molecule has 0 spiro atoms. The minimum absolute atomic E-state index is 0.0108. The highest BCUT2D eigenvalue weighted by Gasteiger charge is 2.45. The van der Waals surface area contributed by atoms with E-state index in [-0.39, 0.29) is 54.0 Å². The largest absolute Gasteiger partial charge is 0.471 e. The molecule has 2 amide bonds. The van der Waals surface area contributed by atoms with Crippen molar-refractivity contribution in [1.82, 2.24) is 10.0 Å². The highest BCUT2D eigenvalue weighted by Crippen LogP contribution is 2.43. The van der Waals surface area contributed by atoms with E-state index in [4.69, 9.17) is 0 Å². The number of alkyl halides is 5. The second-order valence-corrected chi connectivity index (χ2v) is 11.1. The van der Waals surface area contributed by atoms with Gasteiger partial charge in [0.2, 0.25) is 15.9 Å². The Morgan fingerprint density at radius 3 is 2.28 bits per heavy atom. The zero-order valence-corrected chi connectivity index (χ0v) is 18.1. The van der Waals surface area contributed by atoms with Crippen LogP contribution in [-0.4, -0.2) is 50.8 Å². The molecule has 1 aromatic heterocycles. The van der Waals surface area contributed by atoms with Gasteiger partial charge in [-0.25, -0.2) is 21.9 Å². The summed E-state index contributed by atoms with van der Waals surface area (Å²) in [5, 5.41) is 4.26. The molecule has 14 heteroatoms. The zero-order valence-electron chi connectivity index (χ0n) is 16.5. The fourth-order valence-corrected chi connectivity index (χ4v) is 7.11. The number of sulfonamides is 1. The highest BCUT2D eigenvalue weighted by molar-refractivity contribution is 7.90. The summed E-state index contributed by atoms with van der Waals surface area (Å²) in [6, 6.07) is -1.60. The van der Waals surface area contributed by atoms with Crippen LogP contribution in [0.4, 0.5) is 27.0 Å². The molecule has 3 atom stereocenters. The van der Waals surface area contributed by atoms with Crippen LogP contribution in [0.5, 0.6) is 0 Å². The Morgan fingerprint density at radius 1 is 1.06 bits per heavy atom. The topological polar surface area (TPSA) is 104 Å². The lowest BCUT2D eigenvalue weighted by atomic mass is 9.92. The van der Waals surface area contributed by atoms with Gasteiger partial charge in [-0.05, 0) is 44.1 Å². The molecule has 0 bridgehead atoms. The van der Waals surface area contributed by atoms with Crippen molar-refractivity contribution < 1.29 is 40.0 Å². The Kier molecular flexibility index (Phi) is 5.99. The van der Waals surface area contributed by atoms with Gasteiger partial charge in [0.25, 0.3) is 0 Å². The maximum Gasteiger partial charge on any atom is 0.471 e. The number of anilines is 1. The van der Waals surface area contributed by atoms with Crippen LogP contribution in [-0.2, 0) is 32.5 Å². The number of hydrogen-bond acceptors (Lipinski definition) is 5. The Hall–Kier alpha value is -1.80. The summed E-state index contributed by atoms with van der Waals surface area (Å²) in [5.74, 6) is -3.68. The van der Waals surface area contributed by atoms with E-state index in [1.807, 2.05) is 5.32 Å². The van der Waals surface area contributed by atoms with E-state index in [0.717, 1.165) is 11.3 Å². The molecule has 7 nitrogen and oxygen atoms in total. The average molecular weight is 501 g/mol. The summed E-state index contributed by atoms with van der Waals surface area (Å²) >= 11 is 0.961. The first-order chi connectivity index (χ1) is 14.8. The predicted molar refractivity (Wildman–Crippen MR) is 104 cm³/mol. The predicted octanol–water partition coefficient (Wildman–Crippen LogP) is 2.36. The third kappa shape index (κ3) is 4.76. The molecule has 32 heavy (non-hydrogen) atoms. The monoisotopic (exact) mass is 501 g/mol. The van der Waals surface area contributed by atoms with E-state index in [0.29, 0.717) is 4.88 Å². The molecule has 2 fully saturated rings. The van der Waals surface area contributed by atoms with E-state index in [2.05, 4.69) is 10.0 Å².